The van der Waals surface area contributed by atoms with Crippen LogP contribution >= 0.6 is 58.5 Å². The van der Waals surface area contributed by atoms with Gasteiger partial charge in [0.05, 0.1) is 17.4 Å². The number of thiol groups is 2. The summed E-state index contributed by atoms with van der Waals surface area (Å²) in [7, 11) is 4.78. The third kappa shape index (κ3) is 3.83. The van der Waals surface area contributed by atoms with Crippen molar-refractivity contribution in [1.82, 2.24) is 0 Å². The second-order valence-corrected chi connectivity index (χ2v) is 14.5. The Balaban J connectivity index is 1.47. The molecule has 0 amide bonds. The molecule has 36 heavy (non-hydrogen) atoms. The molecule has 4 aliphatic rings. The monoisotopic (exact) mass is 581 g/mol. The van der Waals surface area contributed by atoms with E-state index in [2.05, 4.69) is 21.9 Å². The van der Waals surface area contributed by atoms with E-state index in [1.807, 2.05) is 32.1 Å². The van der Waals surface area contributed by atoms with Crippen molar-refractivity contribution in [3.63, 3.8) is 0 Å². The van der Waals surface area contributed by atoms with Crippen LogP contribution in [-0.4, -0.2) is 64.5 Å². The maximum absolute atomic E-state index is 13.3. The van der Waals surface area contributed by atoms with E-state index in [9.17, 15) is 14.7 Å². The minimum atomic E-state index is -0.988. The molecular formula is C25H33BNO4PS4. The highest BCUT2D eigenvalue weighted by Gasteiger charge is 2.82. The van der Waals surface area contributed by atoms with Crippen LogP contribution in [0.1, 0.15) is 37.7 Å². The quantitative estimate of drug-likeness (QED) is 0.103. The van der Waals surface area contributed by atoms with Gasteiger partial charge in [-0.15, -0.1) is 21.0 Å². The van der Waals surface area contributed by atoms with Crippen molar-refractivity contribution in [3.05, 3.63) is 29.8 Å². The van der Waals surface area contributed by atoms with Crippen LogP contribution in [0.15, 0.2) is 29.2 Å². The third-order valence-electron chi connectivity index (χ3n) is 9.62. The molecule has 4 fully saturated rings. The number of carbonyl (C=O) groups is 2. The molecule has 5 nitrogen and oxygen atoms in total. The summed E-state index contributed by atoms with van der Waals surface area (Å²) in [6.45, 7) is 0. The highest BCUT2D eigenvalue weighted by atomic mass is 32.2. The van der Waals surface area contributed by atoms with Gasteiger partial charge < -0.3 is 15.6 Å². The lowest BCUT2D eigenvalue weighted by atomic mass is 9.34. The van der Waals surface area contributed by atoms with Crippen LogP contribution in [0.25, 0.3) is 0 Å². The number of esters is 1. The summed E-state index contributed by atoms with van der Waals surface area (Å²) >= 11 is 16.1. The molecular weight excluding hydrogens is 548 g/mol. The number of aliphatic hydroxyl groups excluding tert-OH is 1. The Morgan fingerprint density at radius 1 is 1.42 bits per heavy atom. The van der Waals surface area contributed by atoms with Crippen molar-refractivity contribution in [2.75, 3.05) is 5.75 Å². The van der Waals surface area contributed by atoms with Crippen LogP contribution in [-0.2, 0) is 20.1 Å². The molecule has 2 bridgehead atoms. The summed E-state index contributed by atoms with van der Waals surface area (Å²) in [5, 5.41) is 12.1. The van der Waals surface area contributed by atoms with Crippen LogP contribution in [0.4, 0.5) is 0 Å². The van der Waals surface area contributed by atoms with E-state index in [0.717, 1.165) is 10.5 Å². The number of aliphatic hydroxyl groups is 1. The summed E-state index contributed by atoms with van der Waals surface area (Å²) < 4.78 is 6.19. The van der Waals surface area contributed by atoms with Crippen LogP contribution in [0.2, 0.25) is 5.31 Å². The lowest BCUT2D eigenvalue weighted by Crippen LogP contribution is -2.77. The zero-order chi connectivity index (χ0) is 26.1. The van der Waals surface area contributed by atoms with Gasteiger partial charge in [-0.05, 0) is 59.5 Å². The Labute approximate surface area is 236 Å². The molecule has 5 rings (SSSR count). The molecule has 3 N–H and O–H groups in total. The van der Waals surface area contributed by atoms with Gasteiger partial charge >= 0.3 is 5.97 Å². The molecule has 10 atom stereocenters. The molecule has 0 radical (unpaired) electrons. The van der Waals surface area contributed by atoms with Gasteiger partial charge in [-0.25, -0.2) is 0 Å². The highest BCUT2D eigenvalue weighted by Crippen LogP contribution is 2.79. The normalized spacial score (nSPS) is 45.1. The maximum Gasteiger partial charge on any atom is 0.316 e. The van der Waals surface area contributed by atoms with Crippen molar-refractivity contribution in [2.24, 2.45) is 22.5 Å². The Morgan fingerprint density at radius 2 is 2.17 bits per heavy atom. The van der Waals surface area contributed by atoms with E-state index in [1.165, 1.54) is 11.8 Å². The molecule has 0 saturated heterocycles. The topological polar surface area (TPSA) is 89.6 Å². The van der Waals surface area contributed by atoms with E-state index >= 15 is 0 Å². The summed E-state index contributed by atoms with van der Waals surface area (Å²) in [5.74, 6) is 0.434. The Bertz CT molecular complexity index is 1110. The largest absolute Gasteiger partial charge is 0.460 e. The number of hydrogen-bond donors (Lipinski definition) is 4. The van der Waals surface area contributed by atoms with Crippen LogP contribution in [0, 0.1) is 16.7 Å². The fourth-order valence-electron chi connectivity index (χ4n) is 7.92. The molecule has 1 aromatic rings. The van der Waals surface area contributed by atoms with Gasteiger partial charge in [-0.3, -0.25) is 9.59 Å². The number of rotatable bonds is 6. The standard InChI is InChI=1S/C25H33BNO4PS4/c26-24(12-34)7-16(31-18(29)10-36-14-3-1-2-13(6-14)9-33)25(27)17(35)8-23-11-22(21(23)25,5-4-15(23)28)20(32)19(24)30/h1-3,6,12,16-17,19-21,30,33,35H,4-5,7-11,26-27,32H2/t16-,17?,19?,20+,21?,22?,23?,24-,25+/m1/s1. The fraction of sp³-hybridized carbons (Fsp3) is 0.640. The molecule has 1 aromatic carbocycles. The van der Waals surface area contributed by atoms with Gasteiger partial charge in [0.2, 0.25) is 0 Å². The molecule has 4 saturated carbocycles. The summed E-state index contributed by atoms with van der Waals surface area (Å²) in [6.07, 6.45) is 1.27. The number of carbonyl (C=O) groups excluding carboxylic acids is 2. The first-order valence-electron chi connectivity index (χ1n) is 12.4. The zero-order valence-electron chi connectivity index (χ0n) is 20.3. The van der Waals surface area contributed by atoms with Crippen molar-refractivity contribution in [2.45, 2.75) is 76.7 Å². The van der Waals surface area contributed by atoms with Gasteiger partial charge in [0.1, 0.15) is 19.7 Å². The van der Waals surface area contributed by atoms with Crippen LogP contribution in [0.5, 0.6) is 0 Å². The van der Waals surface area contributed by atoms with Gasteiger partial charge in [-0.1, -0.05) is 24.4 Å². The van der Waals surface area contributed by atoms with E-state index in [1.54, 1.807) is 5.37 Å². The number of ether oxygens (including phenoxy) is 1. The lowest BCUT2D eigenvalue weighted by molar-refractivity contribution is -0.208. The van der Waals surface area contributed by atoms with Gasteiger partial charge in [0.25, 0.3) is 0 Å². The summed E-state index contributed by atoms with van der Waals surface area (Å²) in [4.78, 5) is 27.4. The summed E-state index contributed by atoms with van der Waals surface area (Å²) in [5.41, 5.74) is 6.37. The van der Waals surface area contributed by atoms with E-state index < -0.39 is 28.5 Å². The second kappa shape index (κ2) is 9.53. The molecule has 0 heterocycles. The highest BCUT2D eigenvalue weighted by molar-refractivity contribution is 8.00. The van der Waals surface area contributed by atoms with Crippen molar-refractivity contribution < 1.29 is 19.4 Å². The molecule has 4 aliphatic carbocycles. The Kier molecular flexibility index (Phi) is 7.27. The Hall–Kier alpha value is -0.0851. The van der Waals surface area contributed by atoms with Crippen molar-refractivity contribution in [3.8, 4) is 0 Å². The van der Waals surface area contributed by atoms with E-state index in [-0.39, 0.29) is 39.7 Å². The number of thiocarbonyl (C=S) groups is 1. The average Bonchev–Trinajstić information content (AvgIpc) is 3.05. The van der Waals surface area contributed by atoms with Crippen molar-refractivity contribution in [1.29, 1.82) is 0 Å². The first-order chi connectivity index (χ1) is 17.0. The van der Waals surface area contributed by atoms with Gasteiger partial charge in [-0.2, -0.15) is 25.3 Å². The number of Topliss-reactive ketones (excluding diaryl/α,β-unsaturated/α-hetero) is 1. The number of thioether (sulfide) groups is 1. The molecule has 0 aromatic heterocycles. The molecule has 11 heteroatoms. The first-order valence-corrected chi connectivity index (χ1v) is 15.7. The number of nitrogens with two attached hydrogens (primary N) is 1. The first kappa shape index (κ1) is 27.5. The molecule has 2 spiro atoms. The predicted molar refractivity (Wildman–Crippen MR) is 160 cm³/mol. The van der Waals surface area contributed by atoms with E-state index in [4.69, 9.17) is 35.3 Å². The number of hydrogen-bond acceptors (Lipinski definition) is 9. The minimum Gasteiger partial charge on any atom is -0.460 e. The molecule has 194 valence electrons. The predicted octanol–water partition coefficient (Wildman–Crippen LogP) is 2.68. The third-order valence-corrected chi connectivity index (χ3v) is 13.2. The van der Waals surface area contributed by atoms with Gasteiger partial charge in [0.15, 0.2) is 0 Å². The Morgan fingerprint density at radius 3 is 2.86 bits per heavy atom. The fourth-order valence-corrected chi connectivity index (χ4v) is 10.7. The molecule has 0 aliphatic heterocycles. The van der Waals surface area contributed by atoms with E-state index in [0.29, 0.717) is 37.9 Å². The number of benzene rings is 1. The van der Waals surface area contributed by atoms with Gasteiger partial charge in [0, 0.05) is 39.3 Å². The zero-order valence-corrected chi connectivity index (χ0v) is 24.8. The number of ketones is 1. The maximum atomic E-state index is 13.3. The minimum absolute atomic E-state index is 0.128. The van der Waals surface area contributed by atoms with Crippen LogP contribution in [0.3, 0.4) is 0 Å². The second-order valence-electron chi connectivity index (χ2n) is 11.5. The lowest BCUT2D eigenvalue weighted by Gasteiger charge is -2.71. The SMILES string of the molecule is B[C@@]1(C=S)C[C@@H](OC(=O)CSc2cccc(CS)c2)[C@]2(N)C(S)CC34CC(CCC3=O)(C42)[C@@H](P)C1O. The average molecular weight is 582 g/mol. The van der Waals surface area contributed by atoms with Crippen molar-refractivity contribution >= 4 is 83.4 Å². The molecule has 6 unspecified atom stereocenters. The summed E-state index contributed by atoms with van der Waals surface area (Å²) in [6, 6.07) is 7.91. The van der Waals surface area contributed by atoms with Crippen LogP contribution < -0.4 is 5.73 Å². The smallest absolute Gasteiger partial charge is 0.316 e.